The molecule has 0 spiro atoms. The highest BCUT2D eigenvalue weighted by Gasteiger charge is 2.18. The molecule has 1 rings (SSSR count). The summed E-state index contributed by atoms with van der Waals surface area (Å²) in [5.41, 5.74) is -0.387. The Hall–Kier alpha value is -1.92. The van der Waals surface area contributed by atoms with E-state index in [0.717, 1.165) is 6.07 Å². The van der Waals surface area contributed by atoms with Gasteiger partial charge in [-0.3, -0.25) is 14.5 Å². The fourth-order valence-corrected chi connectivity index (χ4v) is 1.27. The second-order valence-corrected chi connectivity index (χ2v) is 3.23. The highest BCUT2D eigenvalue weighted by molar-refractivity contribution is 5.59. The van der Waals surface area contributed by atoms with Gasteiger partial charge in [0, 0.05) is 12.6 Å². The summed E-state index contributed by atoms with van der Waals surface area (Å²) in [7, 11) is 1.26. The van der Waals surface area contributed by atoms with Crippen molar-refractivity contribution in [2.45, 2.75) is 6.42 Å². The number of nitrogens with one attached hydrogen (secondary N) is 1. The molecule has 1 N–H and O–H groups in total. The van der Waals surface area contributed by atoms with E-state index >= 15 is 0 Å². The lowest BCUT2D eigenvalue weighted by atomic mass is 10.2. The molecule has 1 aromatic carbocycles. The Labute approximate surface area is 96.5 Å². The van der Waals surface area contributed by atoms with E-state index in [4.69, 9.17) is 4.74 Å². The third-order valence-corrected chi connectivity index (χ3v) is 2.09. The second kappa shape index (κ2) is 5.97. The highest BCUT2D eigenvalue weighted by Crippen LogP contribution is 2.32. The standard InChI is InChI=1S/C10H12F2N2O3/c1-17-10-6-8(13-4-2-3-11)7(12)5-9(10)14(15)16/h5-6,13H,2-4H2,1H3. The lowest BCUT2D eigenvalue weighted by Gasteiger charge is -2.08. The van der Waals surface area contributed by atoms with E-state index in [0.29, 0.717) is 0 Å². The van der Waals surface area contributed by atoms with Gasteiger partial charge in [0.05, 0.1) is 30.5 Å². The van der Waals surface area contributed by atoms with Crippen LogP contribution in [0.25, 0.3) is 0 Å². The number of hydrogen-bond donors (Lipinski definition) is 1. The van der Waals surface area contributed by atoms with Crippen molar-refractivity contribution in [2.24, 2.45) is 0 Å². The van der Waals surface area contributed by atoms with Crippen molar-refractivity contribution < 1.29 is 18.4 Å². The molecule has 0 bridgehead atoms. The molecule has 5 nitrogen and oxygen atoms in total. The van der Waals surface area contributed by atoms with Crippen LogP contribution < -0.4 is 10.1 Å². The third kappa shape index (κ3) is 3.27. The van der Waals surface area contributed by atoms with E-state index in [-0.39, 0.29) is 24.4 Å². The first-order chi connectivity index (χ1) is 8.10. The van der Waals surface area contributed by atoms with Crippen LogP contribution in [0.1, 0.15) is 6.42 Å². The molecule has 0 fully saturated rings. The van der Waals surface area contributed by atoms with Gasteiger partial charge in [-0.2, -0.15) is 0 Å². The number of hydrogen-bond acceptors (Lipinski definition) is 4. The fraction of sp³-hybridized carbons (Fsp3) is 0.400. The number of alkyl halides is 1. The minimum atomic E-state index is -0.767. The molecule has 0 aliphatic heterocycles. The predicted octanol–water partition coefficient (Wildman–Crippen LogP) is 2.51. The van der Waals surface area contributed by atoms with E-state index < -0.39 is 23.1 Å². The van der Waals surface area contributed by atoms with Crippen molar-refractivity contribution in [3.63, 3.8) is 0 Å². The minimum Gasteiger partial charge on any atom is -0.490 e. The maximum Gasteiger partial charge on any atom is 0.313 e. The van der Waals surface area contributed by atoms with E-state index in [1.807, 2.05) is 0 Å². The van der Waals surface area contributed by atoms with Gasteiger partial charge in [-0.05, 0) is 6.42 Å². The van der Waals surface area contributed by atoms with Gasteiger partial charge >= 0.3 is 5.69 Å². The number of anilines is 1. The largest absolute Gasteiger partial charge is 0.490 e. The number of nitrogens with zero attached hydrogens (tertiary/aromatic N) is 1. The van der Waals surface area contributed by atoms with Crippen LogP contribution >= 0.6 is 0 Å². The lowest BCUT2D eigenvalue weighted by molar-refractivity contribution is -0.385. The molecule has 94 valence electrons. The third-order valence-electron chi connectivity index (χ3n) is 2.09. The Morgan fingerprint density at radius 2 is 2.24 bits per heavy atom. The second-order valence-electron chi connectivity index (χ2n) is 3.23. The zero-order chi connectivity index (χ0) is 12.8. The van der Waals surface area contributed by atoms with E-state index in [9.17, 15) is 18.9 Å². The number of halogens is 2. The van der Waals surface area contributed by atoms with Crippen molar-refractivity contribution in [3.05, 3.63) is 28.1 Å². The first-order valence-corrected chi connectivity index (χ1v) is 4.92. The van der Waals surface area contributed by atoms with E-state index in [1.165, 1.54) is 13.2 Å². The van der Waals surface area contributed by atoms with E-state index in [2.05, 4.69) is 5.32 Å². The van der Waals surface area contributed by atoms with Crippen LogP contribution in [0, 0.1) is 15.9 Å². The maximum absolute atomic E-state index is 13.4. The first kappa shape index (κ1) is 13.1. The zero-order valence-electron chi connectivity index (χ0n) is 9.20. The number of methoxy groups -OCH3 is 1. The number of nitro benzene ring substituents is 1. The summed E-state index contributed by atoms with van der Waals surface area (Å²) in [6.07, 6.45) is 0.235. The Bertz CT molecular complexity index is 413. The number of ether oxygens (including phenoxy) is 1. The number of benzene rings is 1. The van der Waals surface area contributed by atoms with E-state index in [1.54, 1.807) is 0 Å². The molecular weight excluding hydrogens is 234 g/mol. The molecule has 0 saturated carbocycles. The molecule has 0 atom stereocenters. The molecule has 7 heteroatoms. The Balaban J connectivity index is 2.96. The fourth-order valence-electron chi connectivity index (χ4n) is 1.27. The SMILES string of the molecule is COc1cc(NCCCF)c(F)cc1[N+](=O)[O-]. The summed E-state index contributed by atoms with van der Waals surface area (Å²) in [6.45, 7) is -0.271. The van der Waals surface area contributed by atoms with Crippen LogP contribution in [0.3, 0.4) is 0 Å². The summed E-state index contributed by atoms with van der Waals surface area (Å²) in [5, 5.41) is 13.2. The van der Waals surface area contributed by atoms with Gasteiger partial charge < -0.3 is 10.1 Å². The minimum absolute atomic E-state index is 0.0425. The van der Waals surface area contributed by atoms with Crippen molar-refractivity contribution >= 4 is 11.4 Å². The Kier molecular flexibility index (Phi) is 4.62. The topological polar surface area (TPSA) is 64.4 Å². The molecule has 0 aromatic heterocycles. The van der Waals surface area contributed by atoms with Crippen molar-refractivity contribution in [2.75, 3.05) is 25.6 Å². The molecule has 0 saturated heterocycles. The van der Waals surface area contributed by atoms with Crippen molar-refractivity contribution in [1.82, 2.24) is 0 Å². The smallest absolute Gasteiger partial charge is 0.313 e. The summed E-state index contributed by atoms with van der Waals surface area (Å²) in [5.74, 6) is -0.810. The number of nitro groups is 1. The highest BCUT2D eigenvalue weighted by atomic mass is 19.1. The van der Waals surface area contributed by atoms with Gasteiger partial charge in [-0.15, -0.1) is 0 Å². The summed E-state index contributed by atoms with van der Waals surface area (Å²) in [4.78, 5) is 9.86. The summed E-state index contributed by atoms with van der Waals surface area (Å²) in [6, 6.07) is 1.96. The van der Waals surface area contributed by atoms with Crippen LogP contribution in [-0.2, 0) is 0 Å². The normalized spacial score (nSPS) is 10.1. The van der Waals surface area contributed by atoms with Crippen LogP contribution in [-0.4, -0.2) is 25.3 Å². The van der Waals surface area contributed by atoms with Crippen molar-refractivity contribution in [1.29, 1.82) is 0 Å². The molecular formula is C10H12F2N2O3. The van der Waals surface area contributed by atoms with Crippen LogP contribution in [0.15, 0.2) is 12.1 Å². The molecule has 0 aliphatic carbocycles. The van der Waals surface area contributed by atoms with Gasteiger partial charge in [0.1, 0.15) is 0 Å². The molecule has 0 radical (unpaired) electrons. The van der Waals surface area contributed by atoms with Crippen LogP contribution in [0.2, 0.25) is 0 Å². The molecule has 0 amide bonds. The molecule has 0 unspecified atom stereocenters. The zero-order valence-corrected chi connectivity index (χ0v) is 9.20. The molecule has 17 heavy (non-hydrogen) atoms. The number of rotatable bonds is 6. The quantitative estimate of drug-likeness (QED) is 0.476. The molecule has 0 aliphatic rings. The van der Waals surface area contributed by atoms with Gasteiger partial charge in [-0.1, -0.05) is 0 Å². The van der Waals surface area contributed by atoms with Gasteiger partial charge in [-0.25, -0.2) is 4.39 Å². The average molecular weight is 246 g/mol. The summed E-state index contributed by atoms with van der Waals surface area (Å²) < 4.78 is 30.1. The van der Waals surface area contributed by atoms with Gasteiger partial charge in [0.25, 0.3) is 0 Å². The van der Waals surface area contributed by atoms with Crippen LogP contribution in [0.5, 0.6) is 5.75 Å². The van der Waals surface area contributed by atoms with Crippen LogP contribution in [0.4, 0.5) is 20.2 Å². The molecule has 1 aromatic rings. The van der Waals surface area contributed by atoms with Gasteiger partial charge in [0.15, 0.2) is 11.6 Å². The maximum atomic E-state index is 13.4. The summed E-state index contributed by atoms with van der Waals surface area (Å²) >= 11 is 0. The predicted molar refractivity (Wildman–Crippen MR) is 58.7 cm³/mol. The lowest BCUT2D eigenvalue weighted by Crippen LogP contribution is -2.05. The van der Waals surface area contributed by atoms with Gasteiger partial charge in [0.2, 0.25) is 0 Å². The monoisotopic (exact) mass is 246 g/mol. The Morgan fingerprint density at radius 1 is 1.53 bits per heavy atom. The van der Waals surface area contributed by atoms with Crippen molar-refractivity contribution in [3.8, 4) is 5.75 Å². The first-order valence-electron chi connectivity index (χ1n) is 4.92. The molecule has 0 heterocycles. The average Bonchev–Trinajstić information content (AvgIpc) is 2.30. The Morgan fingerprint density at radius 3 is 2.76 bits per heavy atom.